The number of nitrogens with zero attached hydrogens (tertiary/aromatic N) is 1. The number of aliphatic hydroxyl groups is 1. The fraction of sp³-hybridized carbons (Fsp3) is 0.459. The number of aliphatic hydroxyl groups excluding tert-OH is 1. The Morgan fingerprint density at radius 1 is 0.783 bits per heavy atom. The first-order valence-electron chi connectivity index (χ1n) is 16.7. The lowest BCUT2D eigenvalue weighted by Gasteiger charge is -2.38. The normalized spacial score (nSPS) is 20.8. The van der Waals surface area contributed by atoms with Crippen molar-refractivity contribution < 1.29 is 24.2 Å². The van der Waals surface area contributed by atoms with Crippen molar-refractivity contribution in [3.8, 4) is 0 Å². The summed E-state index contributed by atoms with van der Waals surface area (Å²) >= 11 is 0. The summed E-state index contributed by atoms with van der Waals surface area (Å²) in [6.45, 7) is 3.10. The Bertz CT molecular complexity index is 1390. The number of carbonyl (C=O) groups excluding carboxylic acids is 2. The molecule has 2 fully saturated rings. The lowest BCUT2D eigenvalue weighted by Crippen LogP contribution is -2.40. The number of anilines is 3. The number of likely N-dealkylation sites (tertiary alicyclic amines) is 1. The van der Waals surface area contributed by atoms with Gasteiger partial charge in [0.15, 0.2) is 6.29 Å². The first-order valence-corrected chi connectivity index (χ1v) is 16.7. The van der Waals surface area contributed by atoms with Crippen molar-refractivity contribution in [1.82, 2.24) is 4.90 Å². The van der Waals surface area contributed by atoms with E-state index in [2.05, 4.69) is 15.5 Å². The summed E-state index contributed by atoms with van der Waals surface area (Å²) in [6, 6.07) is 22.8. The van der Waals surface area contributed by atoms with Gasteiger partial charge in [-0.15, -0.1) is 0 Å². The number of nitrogens with two attached hydrogens (primary N) is 1. The van der Waals surface area contributed by atoms with Crippen molar-refractivity contribution in [3.63, 3.8) is 0 Å². The highest BCUT2D eigenvalue weighted by Gasteiger charge is 2.33. The van der Waals surface area contributed by atoms with E-state index in [0.717, 1.165) is 42.7 Å². The van der Waals surface area contributed by atoms with E-state index in [0.29, 0.717) is 42.7 Å². The van der Waals surface area contributed by atoms with Crippen molar-refractivity contribution in [2.24, 2.45) is 0 Å². The minimum absolute atomic E-state index is 0.0137. The van der Waals surface area contributed by atoms with Crippen molar-refractivity contribution >= 4 is 28.9 Å². The van der Waals surface area contributed by atoms with Crippen molar-refractivity contribution in [2.45, 2.75) is 89.3 Å². The van der Waals surface area contributed by atoms with Crippen molar-refractivity contribution in [2.75, 3.05) is 36.0 Å². The fourth-order valence-corrected chi connectivity index (χ4v) is 6.16. The van der Waals surface area contributed by atoms with Gasteiger partial charge in [-0.25, -0.2) is 0 Å². The lowest BCUT2D eigenvalue weighted by atomic mass is 9.99. The molecule has 0 aliphatic carbocycles. The van der Waals surface area contributed by atoms with Crippen LogP contribution in [0.4, 0.5) is 17.1 Å². The molecule has 0 saturated carbocycles. The van der Waals surface area contributed by atoms with E-state index < -0.39 is 6.29 Å². The van der Waals surface area contributed by atoms with Gasteiger partial charge in [0.25, 0.3) is 0 Å². The number of nitrogens with one attached hydrogen (secondary N) is 2. The Morgan fingerprint density at radius 2 is 1.41 bits per heavy atom. The zero-order chi connectivity index (χ0) is 32.1. The minimum atomic E-state index is -0.529. The number of carbonyl (C=O) groups is 2. The molecule has 3 atom stereocenters. The van der Waals surface area contributed by atoms with Crippen LogP contribution in [-0.2, 0) is 25.7 Å². The minimum Gasteiger partial charge on any atom is -0.397 e. The van der Waals surface area contributed by atoms with E-state index in [4.69, 9.17) is 15.2 Å². The molecule has 5 rings (SSSR count). The van der Waals surface area contributed by atoms with E-state index >= 15 is 0 Å². The third-order valence-electron chi connectivity index (χ3n) is 8.78. The molecule has 5 N–H and O–H groups in total. The van der Waals surface area contributed by atoms with E-state index in [1.807, 2.05) is 60.7 Å². The van der Waals surface area contributed by atoms with Gasteiger partial charge >= 0.3 is 0 Å². The molecule has 0 aromatic heterocycles. The Labute approximate surface area is 272 Å². The van der Waals surface area contributed by atoms with Crippen molar-refractivity contribution in [1.29, 1.82) is 0 Å². The second kappa shape index (κ2) is 17.2. The lowest BCUT2D eigenvalue weighted by molar-refractivity contribution is -0.253. The average molecular weight is 629 g/mol. The van der Waals surface area contributed by atoms with Gasteiger partial charge in [0.05, 0.1) is 30.2 Å². The predicted octanol–water partition coefficient (Wildman–Crippen LogP) is 6.71. The van der Waals surface area contributed by atoms with Crippen LogP contribution in [0.1, 0.15) is 93.3 Å². The zero-order valence-corrected chi connectivity index (χ0v) is 26.7. The second-order valence-electron chi connectivity index (χ2n) is 12.4. The molecule has 9 nitrogen and oxygen atoms in total. The Morgan fingerprint density at radius 3 is 2.09 bits per heavy atom. The number of hydrogen-bond donors (Lipinski definition) is 4. The molecule has 0 radical (unpaired) electrons. The smallest absolute Gasteiger partial charge is 0.224 e. The summed E-state index contributed by atoms with van der Waals surface area (Å²) in [6.07, 6.45) is 8.34. The summed E-state index contributed by atoms with van der Waals surface area (Å²) in [5.74, 6) is -0.208. The van der Waals surface area contributed by atoms with Crippen LogP contribution in [0.15, 0.2) is 72.8 Å². The maximum Gasteiger partial charge on any atom is 0.224 e. The van der Waals surface area contributed by atoms with Gasteiger partial charge < -0.3 is 35.8 Å². The van der Waals surface area contributed by atoms with Gasteiger partial charge in [-0.1, -0.05) is 67.8 Å². The zero-order valence-electron chi connectivity index (χ0n) is 26.7. The Balaban J connectivity index is 1.14. The number of amides is 2. The van der Waals surface area contributed by atoms with Crippen LogP contribution in [0, 0.1) is 0 Å². The average Bonchev–Trinajstić information content (AvgIpc) is 3.05. The van der Waals surface area contributed by atoms with E-state index in [-0.39, 0.29) is 30.6 Å². The fourth-order valence-electron chi connectivity index (χ4n) is 6.16. The summed E-state index contributed by atoms with van der Waals surface area (Å²) in [5, 5.41) is 15.3. The van der Waals surface area contributed by atoms with Gasteiger partial charge in [-0.2, -0.15) is 0 Å². The molecule has 0 unspecified atom stereocenters. The number of ether oxygens (including phenoxy) is 2. The highest BCUT2D eigenvalue weighted by atomic mass is 16.7. The van der Waals surface area contributed by atoms with Crippen LogP contribution < -0.4 is 16.4 Å². The van der Waals surface area contributed by atoms with E-state index in [1.54, 1.807) is 12.1 Å². The summed E-state index contributed by atoms with van der Waals surface area (Å²) in [5.41, 5.74) is 10.6. The molecular weight excluding hydrogens is 580 g/mol. The highest BCUT2D eigenvalue weighted by Crippen LogP contribution is 2.38. The van der Waals surface area contributed by atoms with Crippen LogP contribution in [0.5, 0.6) is 0 Å². The van der Waals surface area contributed by atoms with Crippen LogP contribution in [0.25, 0.3) is 0 Å². The summed E-state index contributed by atoms with van der Waals surface area (Å²) in [7, 11) is 0. The third kappa shape index (κ3) is 10.1. The topological polar surface area (TPSA) is 126 Å². The number of unbranched alkanes of at least 4 members (excludes halogenated alkanes) is 1. The molecule has 2 amide bonds. The maximum absolute atomic E-state index is 12.6. The largest absolute Gasteiger partial charge is 0.397 e. The number of hydrogen-bond acceptors (Lipinski definition) is 7. The van der Waals surface area contributed by atoms with E-state index in [1.165, 1.54) is 32.1 Å². The van der Waals surface area contributed by atoms with Gasteiger partial charge in [0.2, 0.25) is 11.8 Å². The van der Waals surface area contributed by atoms with E-state index in [9.17, 15) is 14.7 Å². The first kappa shape index (κ1) is 33.6. The molecular formula is C37H48N4O5. The second-order valence-corrected chi connectivity index (χ2v) is 12.4. The monoisotopic (exact) mass is 628 g/mol. The Hall–Kier alpha value is -3.76. The molecule has 2 aliphatic rings. The van der Waals surface area contributed by atoms with Gasteiger partial charge in [-0.3, -0.25) is 9.59 Å². The van der Waals surface area contributed by atoms with Gasteiger partial charge in [0.1, 0.15) is 0 Å². The predicted molar refractivity (Wildman–Crippen MR) is 181 cm³/mol. The standard InChI is InChI=1S/C37H48N4O5/c38-32-10-4-5-11-33(32)40-36(44)13-7-6-12-35(43)39-30-20-18-29(19-21-30)37-45-31(25-41-22-8-2-1-3-9-23-41)24-34(46-37)28-16-14-27(26-42)15-17-28/h4-5,10-11,14-21,31,34,37,42H,1-3,6-9,12-13,22-26,38H2,(H,39,43)(H,40,44)/t31-,34+,37+/m0/s1. The molecule has 0 bridgehead atoms. The Kier molecular flexibility index (Phi) is 12.6. The number of para-hydroxylation sites is 2. The molecule has 46 heavy (non-hydrogen) atoms. The number of nitrogen functional groups attached to an aromatic ring is 1. The molecule has 246 valence electrons. The number of benzene rings is 3. The quantitative estimate of drug-likeness (QED) is 0.130. The van der Waals surface area contributed by atoms with Crippen LogP contribution >= 0.6 is 0 Å². The molecule has 2 aliphatic heterocycles. The first-order chi connectivity index (χ1) is 22.5. The van der Waals surface area contributed by atoms with Gasteiger partial charge in [-0.05, 0) is 74.2 Å². The SMILES string of the molecule is Nc1ccccc1NC(=O)CCCCC(=O)Nc1ccc([C@@H]2O[C@H](CN3CCCCCCC3)C[C@H](c3ccc(CO)cc3)O2)cc1. The summed E-state index contributed by atoms with van der Waals surface area (Å²) in [4.78, 5) is 27.4. The van der Waals surface area contributed by atoms with Crippen LogP contribution in [0.3, 0.4) is 0 Å². The molecule has 3 aromatic carbocycles. The van der Waals surface area contributed by atoms with Crippen LogP contribution in [0.2, 0.25) is 0 Å². The third-order valence-corrected chi connectivity index (χ3v) is 8.78. The number of rotatable bonds is 12. The molecule has 2 saturated heterocycles. The molecule has 0 spiro atoms. The summed E-state index contributed by atoms with van der Waals surface area (Å²) < 4.78 is 13.1. The van der Waals surface area contributed by atoms with Crippen LogP contribution in [-0.4, -0.2) is 47.6 Å². The molecule has 2 heterocycles. The molecule has 9 heteroatoms. The maximum atomic E-state index is 12.6. The highest BCUT2D eigenvalue weighted by molar-refractivity contribution is 5.94. The van der Waals surface area contributed by atoms with Crippen molar-refractivity contribution in [3.05, 3.63) is 89.5 Å². The van der Waals surface area contributed by atoms with Gasteiger partial charge in [0, 0.05) is 37.1 Å². The molecule has 3 aromatic rings.